The van der Waals surface area contributed by atoms with Crippen molar-refractivity contribution in [1.82, 2.24) is 0 Å². The summed E-state index contributed by atoms with van der Waals surface area (Å²) in [6.07, 6.45) is -4.94. The third-order valence-corrected chi connectivity index (χ3v) is 4.23. The lowest BCUT2D eigenvalue weighted by molar-refractivity contribution is -0.140. The monoisotopic (exact) mass is 380 g/mol. The number of alkyl halides is 7. The Balaban J connectivity index is 3.48. The Morgan fingerprint density at radius 3 is 2.15 bits per heavy atom. The van der Waals surface area contributed by atoms with E-state index in [1.54, 1.807) is 0 Å². The zero-order chi connectivity index (χ0) is 15.7. The first-order chi connectivity index (χ1) is 8.93. The predicted molar refractivity (Wildman–Crippen MR) is 65.7 cm³/mol. The van der Waals surface area contributed by atoms with Gasteiger partial charge >= 0.3 is 11.7 Å². The number of benzene rings is 1. The molecular weight excluding hydrogens is 374 g/mol. The predicted octanol–water partition coefficient (Wildman–Crippen LogP) is 5.34. The molecule has 20 heavy (non-hydrogen) atoms. The van der Waals surface area contributed by atoms with E-state index in [0.717, 1.165) is 19.1 Å². The third-order valence-electron chi connectivity index (χ3n) is 2.20. The van der Waals surface area contributed by atoms with Crippen molar-refractivity contribution in [3.05, 3.63) is 29.3 Å². The molecule has 0 saturated carbocycles. The summed E-state index contributed by atoms with van der Waals surface area (Å²) < 4.78 is 75.7. The molecule has 1 aromatic rings. The van der Waals surface area contributed by atoms with Crippen LogP contribution in [0.15, 0.2) is 23.1 Å². The maximum atomic E-state index is 12.8. The van der Waals surface area contributed by atoms with Crippen molar-refractivity contribution in [3.8, 4) is 0 Å². The smallest absolute Gasteiger partial charge is 0.298 e. The van der Waals surface area contributed by atoms with Gasteiger partial charge < -0.3 is 0 Å². The molecule has 0 aliphatic heterocycles. The Morgan fingerprint density at radius 1 is 1.20 bits per heavy atom. The molecule has 0 N–H and O–H groups in total. The molecule has 0 heterocycles. The van der Waals surface area contributed by atoms with E-state index in [1.165, 1.54) is 0 Å². The molecule has 0 amide bonds. The maximum Gasteiger partial charge on any atom is 0.446 e. The number of halogens is 7. The van der Waals surface area contributed by atoms with Crippen LogP contribution < -0.4 is 0 Å². The largest absolute Gasteiger partial charge is 0.446 e. The molecule has 0 aliphatic carbocycles. The summed E-state index contributed by atoms with van der Waals surface area (Å²) in [6.45, 7) is 1.07. The third kappa shape index (κ3) is 4.41. The fourth-order valence-corrected chi connectivity index (χ4v) is 2.79. The van der Waals surface area contributed by atoms with Gasteiger partial charge in [0.2, 0.25) is 0 Å². The molecular formula is C11H7BrF6OS. The van der Waals surface area contributed by atoms with Crippen molar-refractivity contribution in [2.24, 2.45) is 0 Å². The van der Waals surface area contributed by atoms with Crippen LogP contribution >= 0.6 is 27.7 Å². The summed E-state index contributed by atoms with van der Waals surface area (Å²) in [5.74, 6) is -0.589. The lowest BCUT2D eigenvalue weighted by Gasteiger charge is -2.19. The van der Waals surface area contributed by atoms with Crippen molar-refractivity contribution in [3.63, 3.8) is 0 Å². The van der Waals surface area contributed by atoms with Crippen molar-refractivity contribution in [2.45, 2.75) is 28.3 Å². The minimum absolute atomic E-state index is 0.352. The van der Waals surface area contributed by atoms with Gasteiger partial charge in [0.05, 0.1) is 10.4 Å². The van der Waals surface area contributed by atoms with Gasteiger partial charge in [0.1, 0.15) is 5.78 Å². The van der Waals surface area contributed by atoms with Gasteiger partial charge in [-0.2, -0.15) is 26.3 Å². The topological polar surface area (TPSA) is 17.1 Å². The van der Waals surface area contributed by atoms with Crippen molar-refractivity contribution in [1.29, 1.82) is 0 Å². The number of carbonyl (C=O) groups excluding carboxylic acids is 1. The zero-order valence-corrected chi connectivity index (χ0v) is 12.2. The van der Waals surface area contributed by atoms with E-state index in [-0.39, 0.29) is 5.56 Å². The molecule has 1 aromatic carbocycles. The highest BCUT2D eigenvalue weighted by Crippen LogP contribution is 2.47. The number of Topliss-reactive ketones (excluding diaryl/α,β-unsaturated/α-hetero) is 1. The summed E-state index contributed by atoms with van der Waals surface area (Å²) in [7, 11) is 0. The van der Waals surface area contributed by atoms with Gasteiger partial charge in [-0.15, -0.1) is 0 Å². The molecule has 9 heteroatoms. The maximum absolute atomic E-state index is 12.8. The Morgan fingerprint density at radius 2 is 1.75 bits per heavy atom. The van der Waals surface area contributed by atoms with Crippen LogP contribution in [-0.4, -0.2) is 11.3 Å². The quantitative estimate of drug-likeness (QED) is 0.399. The molecule has 0 saturated heterocycles. The number of ketones is 1. The van der Waals surface area contributed by atoms with Crippen LogP contribution in [0.1, 0.15) is 22.9 Å². The van der Waals surface area contributed by atoms with Gasteiger partial charge in [-0.3, -0.25) is 4.79 Å². The standard InChI is InChI=1S/C11H7BrF6OS/c1-5(19)8(12)6-3-2-4-7(10(13,14)15)9(6)20-11(16,17)18/h2-4,8H,1H3. The van der Waals surface area contributed by atoms with Crippen molar-refractivity contribution in [2.75, 3.05) is 0 Å². The molecule has 1 nitrogen and oxygen atoms in total. The van der Waals surface area contributed by atoms with Crippen LogP contribution in [0.25, 0.3) is 0 Å². The minimum atomic E-state index is -4.94. The highest BCUT2D eigenvalue weighted by atomic mass is 79.9. The Hall–Kier alpha value is -0.700. The lowest BCUT2D eigenvalue weighted by atomic mass is 10.1. The van der Waals surface area contributed by atoms with E-state index in [4.69, 9.17) is 0 Å². The molecule has 1 atom stereocenters. The second kappa shape index (κ2) is 5.97. The first kappa shape index (κ1) is 17.4. The lowest BCUT2D eigenvalue weighted by Crippen LogP contribution is -2.13. The zero-order valence-electron chi connectivity index (χ0n) is 9.77. The molecule has 0 radical (unpaired) electrons. The molecule has 0 aromatic heterocycles. The Bertz CT molecular complexity index is 511. The summed E-state index contributed by atoms with van der Waals surface area (Å²) >= 11 is 1.94. The van der Waals surface area contributed by atoms with Crippen molar-refractivity contribution < 1.29 is 31.1 Å². The highest BCUT2D eigenvalue weighted by molar-refractivity contribution is 9.09. The van der Waals surface area contributed by atoms with Crippen LogP contribution in [0.4, 0.5) is 26.3 Å². The summed E-state index contributed by atoms with van der Waals surface area (Å²) in [4.78, 5) is 8.97. The SMILES string of the molecule is CC(=O)C(Br)c1cccc(C(F)(F)F)c1SC(F)(F)F. The van der Waals surface area contributed by atoms with Gasteiger partial charge in [0.25, 0.3) is 0 Å². The molecule has 1 unspecified atom stereocenters. The van der Waals surface area contributed by atoms with E-state index in [2.05, 4.69) is 15.9 Å². The van der Waals surface area contributed by atoms with E-state index in [9.17, 15) is 31.1 Å². The van der Waals surface area contributed by atoms with Gasteiger partial charge in [-0.1, -0.05) is 28.1 Å². The average molecular weight is 381 g/mol. The molecule has 0 fully saturated rings. The van der Waals surface area contributed by atoms with E-state index >= 15 is 0 Å². The van der Waals surface area contributed by atoms with Gasteiger partial charge in [0.15, 0.2) is 0 Å². The van der Waals surface area contributed by atoms with Crippen molar-refractivity contribution >= 4 is 33.5 Å². The number of rotatable bonds is 3. The molecule has 0 bridgehead atoms. The fourth-order valence-electron chi connectivity index (χ4n) is 1.43. The van der Waals surface area contributed by atoms with Crippen LogP contribution in [0, 0.1) is 0 Å². The number of thioether (sulfide) groups is 1. The number of carbonyl (C=O) groups is 1. The summed E-state index contributed by atoms with van der Waals surface area (Å²) in [5.41, 5.74) is -6.66. The van der Waals surface area contributed by atoms with E-state index in [1.807, 2.05) is 0 Å². The number of hydrogen-bond acceptors (Lipinski definition) is 2. The molecule has 1 rings (SSSR count). The molecule has 0 spiro atoms. The summed E-state index contributed by atoms with van der Waals surface area (Å²) in [6, 6.07) is 2.58. The Labute approximate surface area is 122 Å². The van der Waals surface area contributed by atoms with Crippen LogP contribution in [0.2, 0.25) is 0 Å². The van der Waals surface area contributed by atoms with Crippen LogP contribution in [0.3, 0.4) is 0 Å². The minimum Gasteiger partial charge on any atom is -0.298 e. The van der Waals surface area contributed by atoms with Gasteiger partial charge in [-0.05, 0) is 30.3 Å². The second-order valence-electron chi connectivity index (χ2n) is 3.74. The highest BCUT2D eigenvalue weighted by Gasteiger charge is 2.40. The van der Waals surface area contributed by atoms with Crippen LogP contribution in [-0.2, 0) is 11.0 Å². The van der Waals surface area contributed by atoms with E-state index < -0.39 is 44.5 Å². The summed E-state index contributed by atoms with van der Waals surface area (Å²) in [5, 5.41) is 0. The molecule has 0 aliphatic rings. The second-order valence-corrected chi connectivity index (χ2v) is 5.73. The van der Waals surface area contributed by atoms with Gasteiger partial charge in [0, 0.05) is 4.90 Å². The first-order valence-corrected chi connectivity index (χ1v) is 6.77. The van der Waals surface area contributed by atoms with E-state index in [0.29, 0.717) is 6.07 Å². The van der Waals surface area contributed by atoms with Crippen LogP contribution in [0.5, 0.6) is 0 Å². The van der Waals surface area contributed by atoms with Gasteiger partial charge in [-0.25, -0.2) is 0 Å². The Kier molecular flexibility index (Phi) is 5.18. The normalized spacial score (nSPS) is 14.2. The molecule has 112 valence electrons. The average Bonchev–Trinajstić information content (AvgIpc) is 2.24. The number of hydrogen-bond donors (Lipinski definition) is 0. The first-order valence-electron chi connectivity index (χ1n) is 5.04. The fraction of sp³-hybridized carbons (Fsp3) is 0.364.